The predicted molar refractivity (Wildman–Crippen MR) is 114 cm³/mol. The Hall–Kier alpha value is -3.35. The Kier molecular flexibility index (Phi) is 5.70. The maximum absolute atomic E-state index is 12.9. The molecule has 1 aliphatic heterocycles. The number of nitrogens with zero attached hydrogens (tertiary/aromatic N) is 2. The second-order valence-corrected chi connectivity index (χ2v) is 7.73. The van der Waals surface area contributed by atoms with Gasteiger partial charge in [0.2, 0.25) is 11.3 Å². The number of carbonyl (C=O) groups excluding carboxylic acids is 1. The average Bonchev–Trinajstić information content (AvgIpc) is 2.99. The Morgan fingerprint density at radius 2 is 1.90 bits per heavy atom. The van der Waals surface area contributed by atoms with Crippen molar-refractivity contribution in [2.45, 2.75) is 32.9 Å². The highest BCUT2D eigenvalue weighted by atomic mass is 16.5. The Balaban J connectivity index is 1.56. The smallest absolute Gasteiger partial charge is 0.242 e. The molecule has 0 fully saturated rings. The molecule has 0 saturated heterocycles. The molecule has 2 heterocycles. The van der Waals surface area contributed by atoms with E-state index >= 15 is 0 Å². The Labute approximate surface area is 174 Å². The topological polar surface area (TPSA) is 82.5 Å². The van der Waals surface area contributed by atoms with E-state index in [1.54, 1.807) is 22.9 Å². The van der Waals surface area contributed by atoms with Crippen LogP contribution in [0.5, 0.6) is 11.5 Å². The zero-order chi connectivity index (χ0) is 21.1. The highest BCUT2D eigenvalue weighted by molar-refractivity contribution is 5.81. The highest BCUT2D eigenvalue weighted by Gasteiger charge is 2.21. The second kappa shape index (κ2) is 8.57. The van der Waals surface area contributed by atoms with E-state index in [0.717, 1.165) is 17.7 Å². The van der Waals surface area contributed by atoms with Crippen LogP contribution >= 0.6 is 0 Å². The molecule has 3 aromatic rings. The first-order valence-electron chi connectivity index (χ1n) is 10.2. The fourth-order valence-electron chi connectivity index (χ4n) is 3.65. The van der Waals surface area contributed by atoms with Gasteiger partial charge in [0.1, 0.15) is 6.54 Å². The lowest BCUT2D eigenvalue weighted by molar-refractivity contribution is -0.122. The third kappa shape index (κ3) is 4.15. The van der Waals surface area contributed by atoms with E-state index in [1.807, 2.05) is 24.3 Å². The van der Waals surface area contributed by atoms with Crippen molar-refractivity contribution in [2.75, 3.05) is 13.2 Å². The number of fused-ring (bicyclic) bond motifs is 2. The first kappa shape index (κ1) is 19.9. The number of hydrogen-bond donors (Lipinski definition) is 1. The number of benzene rings is 2. The van der Waals surface area contributed by atoms with E-state index in [2.05, 4.69) is 24.3 Å². The maximum Gasteiger partial charge on any atom is 0.242 e. The lowest BCUT2D eigenvalue weighted by Gasteiger charge is -2.24. The minimum absolute atomic E-state index is 0.0224. The molecule has 1 aromatic heterocycles. The quantitative estimate of drug-likeness (QED) is 0.703. The molecule has 156 valence electrons. The summed E-state index contributed by atoms with van der Waals surface area (Å²) in [7, 11) is 0. The van der Waals surface area contributed by atoms with Gasteiger partial charge in [0.25, 0.3) is 0 Å². The van der Waals surface area contributed by atoms with Gasteiger partial charge in [-0.15, -0.1) is 0 Å². The molecule has 7 heteroatoms. The van der Waals surface area contributed by atoms with E-state index in [9.17, 15) is 9.59 Å². The molecule has 4 rings (SSSR count). The molecule has 0 spiro atoms. The summed E-state index contributed by atoms with van der Waals surface area (Å²) in [5, 5.41) is 7.80. The van der Waals surface area contributed by atoms with Crippen LogP contribution in [0.3, 0.4) is 0 Å². The summed E-state index contributed by atoms with van der Waals surface area (Å²) < 4.78 is 13.1. The summed E-state index contributed by atoms with van der Waals surface area (Å²) in [5.41, 5.74) is 1.44. The minimum atomic E-state index is -0.194. The van der Waals surface area contributed by atoms with Crippen molar-refractivity contribution in [1.82, 2.24) is 15.1 Å². The fourth-order valence-corrected chi connectivity index (χ4v) is 3.65. The van der Waals surface area contributed by atoms with Crippen LogP contribution in [0, 0.1) is 5.92 Å². The average molecular weight is 407 g/mol. The van der Waals surface area contributed by atoms with Crippen LogP contribution < -0.4 is 20.2 Å². The number of para-hydroxylation sites is 1. The Morgan fingerprint density at radius 1 is 1.13 bits per heavy atom. The molecule has 0 radical (unpaired) electrons. The third-order valence-corrected chi connectivity index (χ3v) is 5.17. The molecule has 0 saturated carbocycles. The standard InChI is InChI=1S/C23H25N3O4/c1-15(2)23(16-8-9-20-21(12-16)30-11-5-10-29-20)25-22(28)14-26-18-7-4-3-6-17(18)19(27)13-24-26/h3-4,6-9,12-13,15,23H,5,10-11,14H2,1-2H3,(H,25,28)/t23-/m0/s1. The van der Waals surface area contributed by atoms with E-state index < -0.39 is 0 Å². The van der Waals surface area contributed by atoms with Crippen LogP contribution in [0.15, 0.2) is 53.5 Å². The van der Waals surface area contributed by atoms with Crippen LogP contribution in [0.25, 0.3) is 10.9 Å². The van der Waals surface area contributed by atoms with Crippen molar-refractivity contribution in [2.24, 2.45) is 5.92 Å². The van der Waals surface area contributed by atoms with Gasteiger partial charge in [-0.2, -0.15) is 5.10 Å². The summed E-state index contributed by atoms with van der Waals surface area (Å²) in [6.07, 6.45) is 2.09. The molecule has 2 aromatic carbocycles. The number of aromatic nitrogens is 2. The van der Waals surface area contributed by atoms with Gasteiger partial charge >= 0.3 is 0 Å². The number of nitrogens with one attached hydrogen (secondary N) is 1. The van der Waals surface area contributed by atoms with Crippen molar-refractivity contribution in [3.63, 3.8) is 0 Å². The first-order chi connectivity index (χ1) is 14.5. The Bertz CT molecular complexity index is 1120. The molecule has 1 N–H and O–H groups in total. The van der Waals surface area contributed by atoms with Gasteiger partial charge in [-0.3, -0.25) is 14.3 Å². The van der Waals surface area contributed by atoms with Gasteiger partial charge in [0.15, 0.2) is 11.5 Å². The van der Waals surface area contributed by atoms with Crippen molar-refractivity contribution in [3.05, 3.63) is 64.4 Å². The van der Waals surface area contributed by atoms with Crippen molar-refractivity contribution >= 4 is 16.8 Å². The first-order valence-corrected chi connectivity index (χ1v) is 10.2. The van der Waals surface area contributed by atoms with E-state index in [4.69, 9.17) is 9.47 Å². The molecule has 1 atom stereocenters. The summed E-state index contributed by atoms with van der Waals surface area (Å²) in [6.45, 7) is 5.38. The van der Waals surface area contributed by atoms with Crippen LogP contribution in [0.2, 0.25) is 0 Å². The van der Waals surface area contributed by atoms with Crippen LogP contribution in [-0.2, 0) is 11.3 Å². The Morgan fingerprint density at radius 3 is 2.70 bits per heavy atom. The molecular weight excluding hydrogens is 382 g/mol. The second-order valence-electron chi connectivity index (χ2n) is 7.73. The largest absolute Gasteiger partial charge is 0.490 e. The van der Waals surface area contributed by atoms with Gasteiger partial charge < -0.3 is 14.8 Å². The highest BCUT2D eigenvalue weighted by Crippen LogP contribution is 2.34. The maximum atomic E-state index is 12.9. The lowest BCUT2D eigenvalue weighted by Crippen LogP contribution is -2.35. The summed E-state index contributed by atoms with van der Waals surface area (Å²) >= 11 is 0. The molecule has 1 aliphatic rings. The molecule has 1 amide bonds. The van der Waals surface area contributed by atoms with Gasteiger partial charge in [0.05, 0.1) is 31.0 Å². The molecular formula is C23H25N3O4. The fraction of sp³-hybridized carbons (Fsp3) is 0.348. The number of rotatable bonds is 5. The zero-order valence-electron chi connectivity index (χ0n) is 17.1. The zero-order valence-corrected chi connectivity index (χ0v) is 17.1. The van der Waals surface area contributed by atoms with Gasteiger partial charge in [-0.25, -0.2) is 0 Å². The number of amides is 1. The summed E-state index contributed by atoms with van der Waals surface area (Å²) in [6, 6.07) is 12.8. The lowest BCUT2D eigenvalue weighted by atomic mass is 9.95. The SMILES string of the molecule is CC(C)[C@H](NC(=O)Cn1ncc(=O)c2ccccc21)c1ccc2c(c1)OCCCO2. The molecule has 7 nitrogen and oxygen atoms in total. The third-order valence-electron chi connectivity index (χ3n) is 5.17. The molecule has 0 bridgehead atoms. The molecule has 0 aliphatic carbocycles. The van der Waals surface area contributed by atoms with Gasteiger partial charge in [-0.05, 0) is 35.7 Å². The van der Waals surface area contributed by atoms with E-state index in [-0.39, 0.29) is 29.8 Å². The normalized spacial score (nSPS) is 14.4. The number of hydrogen-bond acceptors (Lipinski definition) is 5. The number of ether oxygens (including phenoxy) is 2. The van der Waals surface area contributed by atoms with Crippen molar-refractivity contribution < 1.29 is 14.3 Å². The van der Waals surface area contributed by atoms with E-state index in [1.165, 1.54) is 6.20 Å². The van der Waals surface area contributed by atoms with Gasteiger partial charge in [-0.1, -0.05) is 32.0 Å². The minimum Gasteiger partial charge on any atom is -0.490 e. The van der Waals surface area contributed by atoms with Crippen LogP contribution in [-0.4, -0.2) is 28.9 Å². The van der Waals surface area contributed by atoms with Crippen molar-refractivity contribution in [3.8, 4) is 11.5 Å². The van der Waals surface area contributed by atoms with E-state index in [0.29, 0.717) is 29.9 Å². The van der Waals surface area contributed by atoms with Crippen molar-refractivity contribution in [1.29, 1.82) is 0 Å². The summed E-state index contributed by atoms with van der Waals surface area (Å²) in [4.78, 5) is 24.9. The predicted octanol–water partition coefficient (Wildman–Crippen LogP) is 3.07. The van der Waals surface area contributed by atoms with Crippen LogP contribution in [0.1, 0.15) is 31.9 Å². The molecule has 0 unspecified atom stereocenters. The monoisotopic (exact) mass is 407 g/mol. The van der Waals surface area contributed by atoms with Gasteiger partial charge in [0, 0.05) is 11.8 Å². The van der Waals surface area contributed by atoms with Crippen LogP contribution in [0.4, 0.5) is 0 Å². The number of carbonyl (C=O) groups is 1. The summed E-state index contributed by atoms with van der Waals surface area (Å²) in [5.74, 6) is 1.42. The molecule has 30 heavy (non-hydrogen) atoms.